The second-order valence-electron chi connectivity index (χ2n) is 6.02. The Morgan fingerprint density at radius 2 is 1.96 bits per heavy atom. The second-order valence-corrected chi connectivity index (χ2v) is 7.77. The summed E-state index contributed by atoms with van der Waals surface area (Å²) < 4.78 is 26.7. The quantitative estimate of drug-likeness (QED) is 0.684. The third-order valence-corrected chi connectivity index (χ3v) is 4.39. The summed E-state index contributed by atoms with van der Waals surface area (Å²) in [5.74, 6) is -0.213. The highest BCUT2D eigenvalue weighted by Crippen LogP contribution is 2.18. The van der Waals surface area contributed by atoms with Crippen molar-refractivity contribution in [2.75, 3.05) is 11.0 Å². The number of carbonyl (C=O) groups excluding carboxylic acids is 1. The lowest BCUT2D eigenvalue weighted by Gasteiger charge is -2.15. The predicted molar refractivity (Wildman–Crippen MR) is 99.0 cm³/mol. The summed E-state index contributed by atoms with van der Waals surface area (Å²) in [6, 6.07) is 14.0. The number of anilines is 1. The third kappa shape index (κ3) is 4.37. The third-order valence-electron chi connectivity index (χ3n) is 3.78. The van der Waals surface area contributed by atoms with Gasteiger partial charge in [-0.25, -0.2) is 13.1 Å². The van der Waals surface area contributed by atoms with E-state index in [1.807, 2.05) is 37.3 Å². The van der Waals surface area contributed by atoms with Crippen molar-refractivity contribution in [3.8, 4) is 0 Å². The Balaban J connectivity index is 1.68. The van der Waals surface area contributed by atoms with E-state index in [0.717, 1.165) is 22.9 Å². The Morgan fingerprint density at radius 3 is 2.73 bits per heavy atom. The Labute approximate surface area is 151 Å². The van der Waals surface area contributed by atoms with Crippen molar-refractivity contribution in [3.63, 3.8) is 0 Å². The van der Waals surface area contributed by atoms with Crippen molar-refractivity contribution >= 4 is 32.7 Å². The SMILES string of the molecule is C[C@H](NC(=O)Cn1nnc2ccccc21)c1cccc(NS(C)(=O)=O)c1. The molecule has 0 aliphatic heterocycles. The number of aromatic nitrogens is 3. The average Bonchev–Trinajstić information content (AvgIpc) is 2.96. The molecule has 136 valence electrons. The standard InChI is InChI=1S/C17H19N5O3S/c1-12(13-6-5-7-14(10-13)20-26(2,24)25)18-17(23)11-22-16-9-4-3-8-15(16)19-21-22/h3-10,12,20H,11H2,1-2H3,(H,18,23)/t12-/m0/s1. The van der Waals surface area contributed by atoms with Gasteiger partial charge in [0.2, 0.25) is 15.9 Å². The van der Waals surface area contributed by atoms with Gasteiger partial charge < -0.3 is 5.32 Å². The number of benzene rings is 2. The summed E-state index contributed by atoms with van der Waals surface area (Å²) in [6.45, 7) is 1.88. The highest BCUT2D eigenvalue weighted by atomic mass is 32.2. The van der Waals surface area contributed by atoms with Gasteiger partial charge in [-0.2, -0.15) is 0 Å². The van der Waals surface area contributed by atoms with Crippen molar-refractivity contribution in [2.24, 2.45) is 0 Å². The first-order chi connectivity index (χ1) is 12.3. The number of hydrogen-bond donors (Lipinski definition) is 2. The molecule has 1 heterocycles. The highest BCUT2D eigenvalue weighted by molar-refractivity contribution is 7.92. The molecule has 0 unspecified atom stereocenters. The maximum atomic E-state index is 12.3. The van der Waals surface area contributed by atoms with Crippen LogP contribution in [-0.2, 0) is 21.4 Å². The Morgan fingerprint density at radius 1 is 1.19 bits per heavy atom. The lowest BCUT2D eigenvalue weighted by Crippen LogP contribution is -2.30. The molecule has 9 heteroatoms. The van der Waals surface area contributed by atoms with Crippen LogP contribution in [0.1, 0.15) is 18.5 Å². The first-order valence-electron chi connectivity index (χ1n) is 7.97. The number of nitrogens with zero attached hydrogens (tertiary/aromatic N) is 3. The summed E-state index contributed by atoms with van der Waals surface area (Å²) in [6.07, 6.45) is 1.09. The first-order valence-corrected chi connectivity index (χ1v) is 9.86. The maximum Gasteiger partial charge on any atom is 0.242 e. The van der Waals surface area contributed by atoms with Gasteiger partial charge in [0.05, 0.1) is 17.8 Å². The summed E-state index contributed by atoms with van der Waals surface area (Å²) in [5.41, 5.74) is 2.76. The molecule has 2 aromatic carbocycles. The van der Waals surface area contributed by atoms with Crippen molar-refractivity contribution in [1.82, 2.24) is 20.3 Å². The average molecular weight is 373 g/mol. The topological polar surface area (TPSA) is 106 Å². The Kier molecular flexibility index (Phi) is 4.90. The number of rotatable bonds is 6. The second kappa shape index (κ2) is 7.12. The van der Waals surface area contributed by atoms with Crippen LogP contribution < -0.4 is 10.0 Å². The van der Waals surface area contributed by atoms with Crippen molar-refractivity contribution < 1.29 is 13.2 Å². The number of nitrogens with one attached hydrogen (secondary N) is 2. The minimum absolute atomic E-state index is 0.0478. The molecule has 0 saturated carbocycles. The largest absolute Gasteiger partial charge is 0.348 e. The number of hydrogen-bond acceptors (Lipinski definition) is 5. The maximum absolute atomic E-state index is 12.3. The normalized spacial score (nSPS) is 12.7. The van der Waals surface area contributed by atoms with E-state index in [1.165, 1.54) is 0 Å². The molecule has 1 aromatic heterocycles. The highest BCUT2D eigenvalue weighted by Gasteiger charge is 2.13. The summed E-state index contributed by atoms with van der Waals surface area (Å²) >= 11 is 0. The van der Waals surface area contributed by atoms with Gasteiger partial charge in [0.1, 0.15) is 12.1 Å². The zero-order valence-corrected chi connectivity index (χ0v) is 15.2. The molecular weight excluding hydrogens is 354 g/mol. The van der Waals surface area contributed by atoms with E-state index in [1.54, 1.807) is 22.9 Å². The molecular formula is C17H19N5O3S. The fraction of sp³-hybridized carbons (Fsp3) is 0.235. The van der Waals surface area contributed by atoms with E-state index in [2.05, 4.69) is 20.4 Å². The van der Waals surface area contributed by atoms with Gasteiger partial charge in [-0.15, -0.1) is 5.10 Å². The molecule has 26 heavy (non-hydrogen) atoms. The smallest absolute Gasteiger partial charge is 0.242 e. The summed E-state index contributed by atoms with van der Waals surface area (Å²) in [7, 11) is -3.35. The number of amides is 1. The predicted octanol–water partition coefficient (Wildman–Crippen LogP) is 1.68. The zero-order chi connectivity index (χ0) is 18.7. The fourth-order valence-electron chi connectivity index (χ4n) is 2.63. The van der Waals surface area contributed by atoms with Gasteiger partial charge in [0.15, 0.2) is 0 Å². The number of fused-ring (bicyclic) bond motifs is 1. The van der Waals surface area contributed by atoms with Gasteiger partial charge in [-0.3, -0.25) is 9.52 Å². The van der Waals surface area contributed by atoms with Crippen LogP contribution in [0.4, 0.5) is 5.69 Å². The van der Waals surface area contributed by atoms with Crippen LogP contribution in [0.2, 0.25) is 0 Å². The van der Waals surface area contributed by atoms with Gasteiger partial charge in [-0.05, 0) is 36.8 Å². The molecule has 2 N–H and O–H groups in total. The lowest BCUT2D eigenvalue weighted by molar-refractivity contribution is -0.122. The molecule has 0 aliphatic carbocycles. The Hall–Kier alpha value is -2.94. The van der Waals surface area contributed by atoms with E-state index in [4.69, 9.17) is 0 Å². The minimum Gasteiger partial charge on any atom is -0.348 e. The zero-order valence-electron chi connectivity index (χ0n) is 14.4. The minimum atomic E-state index is -3.35. The summed E-state index contributed by atoms with van der Waals surface area (Å²) in [4.78, 5) is 12.3. The summed E-state index contributed by atoms with van der Waals surface area (Å²) in [5, 5.41) is 10.9. The van der Waals surface area contributed by atoms with Crippen LogP contribution >= 0.6 is 0 Å². The number of sulfonamides is 1. The molecule has 0 saturated heterocycles. The van der Waals surface area contributed by atoms with Crippen molar-refractivity contribution in [2.45, 2.75) is 19.5 Å². The van der Waals surface area contributed by atoms with E-state index in [0.29, 0.717) is 5.69 Å². The molecule has 0 fully saturated rings. The molecule has 0 radical (unpaired) electrons. The molecule has 1 amide bonds. The molecule has 8 nitrogen and oxygen atoms in total. The van der Waals surface area contributed by atoms with Crippen LogP contribution in [-0.4, -0.2) is 35.6 Å². The van der Waals surface area contributed by atoms with Crippen LogP contribution in [0, 0.1) is 0 Å². The van der Waals surface area contributed by atoms with E-state index in [9.17, 15) is 13.2 Å². The van der Waals surface area contributed by atoms with Gasteiger partial charge in [0.25, 0.3) is 0 Å². The van der Waals surface area contributed by atoms with Crippen LogP contribution in [0.5, 0.6) is 0 Å². The molecule has 0 spiro atoms. The molecule has 3 aromatic rings. The van der Waals surface area contributed by atoms with E-state index < -0.39 is 10.0 Å². The van der Waals surface area contributed by atoms with Gasteiger partial charge >= 0.3 is 0 Å². The van der Waals surface area contributed by atoms with Crippen LogP contribution in [0.3, 0.4) is 0 Å². The lowest BCUT2D eigenvalue weighted by atomic mass is 10.1. The van der Waals surface area contributed by atoms with Gasteiger partial charge in [0, 0.05) is 5.69 Å². The van der Waals surface area contributed by atoms with E-state index in [-0.39, 0.29) is 18.5 Å². The first kappa shape index (κ1) is 17.9. The van der Waals surface area contributed by atoms with Crippen LogP contribution in [0.15, 0.2) is 48.5 Å². The molecule has 1 atom stereocenters. The molecule has 0 bridgehead atoms. The number of para-hydroxylation sites is 1. The molecule has 3 rings (SSSR count). The van der Waals surface area contributed by atoms with Crippen molar-refractivity contribution in [3.05, 3.63) is 54.1 Å². The monoisotopic (exact) mass is 373 g/mol. The Bertz CT molecular complexity index is 1050. The van der Waals surface area contributed by atoms with Crippen LogP contribution in [0.25, 0.3) is 11.0 Å². The van der Waals surface area contributed by atoms with Crippen molar-refractivity contribution in [1.29, 1.82) is 0 Å². The molecule has 0 aliphatic rings. The fourth-order valence-corrected chi connectivity index (χ4v) is 3.18. The number of carbonyl (C=O) groups is 1. The van der Waals surface area contributed by atoms with Gasteiger partial charge in [-0.1, -0.05) is 29.5 Å². The van der Waals surface area contributed by atoms with E-state index >= 15 is 0 Å².